The average molecular weight is 731 g/mol. The van der Waals surface area contributed by atoms with Crippen LogP contribution < -0.4 is 0 Å². The average Bonchev–Trinajstić information content (AvgIpc) is 3.96. The maximum absolute atomic E-state index is 6.79. The van der Waals surface area contributed by atoms with Crippen molar-refractivity contribution in [3.05, 3.63) is 182 Å². The molecule has 6 nitrogen and oxygen atoms in total. The van der Waals surface area contributed by atoms with Crippen molar-refractivity contribution < 1.29 is 8.83 Å². The highest BCUT2D eigenvalue weighted by Crippen LogP contribution is 2.42. The number of nitrogens with zero attached hydrogens (tertiary/aromatic N) is 4. The van der Waals surface area contributed by atoms with Crippen LogP contribution in [0.1, 0.15) is 0 Å². The van der Waals surface area contributed by atoms with Crippen LogP contribution in [0.3, 0.4) is 0 Å². The molecule has 4 heterocycles. The zero-order chi connectivity index (χ0) is 37.5. The highest BCUT2D eigenvalue weighted by Gasteiger charge is 2.20. The molecule has 0 bridgehead atoms. The van der Waals surface area contributed by atoms with Gasteiger partial charge in [0, 0.05) is 49.2 Å². The van der Waals surface area contributed by atoms with E-state index in [1.54, 1.807) is 0 Å². The Morgan fingerprint density at radius 3 is 1.53 bits per heavy atom. The van der Waals surface area contributed by atoms with Gasteiger partial charge in [0.25, 0.3) is 0 Å². The lowest BCUT2D eigenvalue weighted by Gasteiger charge is -2.09. The summed E-state index contributed by atoms with van der Waals surface area (Å²) in [5.41, 5.74) is 11.5. The molecule has 0 saturated heterocycles. The van der Waals surface area contributed by atoms with Gasteiger partial charge in [0.2, 0.25) is 0 Å². The molecule has 12 aromatic rings. The minimum atomic E-state index is 0.598. The first-order chi connectivity index (χ1) is 28.2. The SMILES string of the molecule is c1ccc(-c2nc(-c3ccccc3)nc(-c3ccc4oc5ccc(-c6cccc7c6oc6cccc(-n8c9ccccc9c9ccccc98)c67)cc5c4c3)n2)cc1. The second-order valence-electron chi connectivity index (χ2n) is 14.4. The predicted molar refractivity (Wildman–Crippen MR) is 230 cm³/mol. The molecule has 8 aromatic carbocycles. The van der Waals surface area contributed by atoms with E-state index in [9.17, 15) is 0 Å². The number of benzene rings is 8. The molecule has 12 rings (SSSR count). The van der Waals surface area contributed by atoms with Gasteiger partial charge in [-0.3, -0.25) is 0 Å². The van der Waals surface area contributed by atoms with Gasteiger partial charge < -0.3 is 13.4 Å². The molecule has 57 heavy (non-hydrogen) atoms. The Labute approximate surface area is 325 Å². The van der Waals surface area contributed by atoms with Gasteiger partial charge in [-0.1, -0.05) is 127 Å². The van der Waals surface area contributed by atoms with E-state index in [0.29, 0.717) is 17.5 Å². The molecule has 0 fully saturated rings. The first-order valence-corrected chi connectivity index (χ1v) is 19.0. The van der Waals surface area contributed by atoms with Crippen molar-refractivity contribution in [1.29, 1.82) is 0 Å². The van der Waals surface area contributed by atoms with Crippen LogP contribution in [0.2, 0.25) is 0 Å². The predicted octanol–water partition coefficient (Wildman–Crippen LogP) is 13.4. The van der Waals surface area contributed by atoms with Crippen LogP contribution in [0, 0.1) is 0 Å². The monoisotopic (exact) mass is 730 g/mol. The van der Waals surface area contributed by atoms with Crippen LogP contribution in [-0.2, 0) is 0 Å². The Hall–Kier alpha value is -7.83. The fourth-order valence-corrected chi connectivity index (χ4v) is 8.45. The molecule has 0 atom stereocenters. The van der Waals surface area contributed by atoms with Gasteiger partial charge in [0.1, 0.15) is 22.3 Å². The fraction of sp³-hybridized carbons (Fsp3) is 0. The zero-order valence-corrected chi connectivity index (χ0v) is 30.4. The molecule has 266 valence electrons. The van der Waals surface area contributed by atoms with Gasteiger partial charge in [0.05, 0.1) is 22.1 Å². The first kappa shape index (κ1) is 31.5. The Bertz CT molecular complexity index is 3410. The first-order valence-electron chi connectivity index (χ1n) is 19.0. The zero-order valence-electron chi connectivity index (χ0n) is 30.4. The highest BCUT2D eigenvalue weighted by molar-refractivity contribution is 6.17. The smallest absolute Gasteiger partial charge is 0.164 e. The molecule has 0 aliphatic carbocycles. The normalized spacial score (nSPS) is 11.9. The van der Waals surface area contributed by atoms with Crippen molar-refractivity contribution in [2.24, 2.45) is 0 Å². The van der Waals surface area contributed by atoms with Crippen LogP contribution in [0.4, 0.5) is 0 Å². The number of aromatic nitrogens is 4. The van der Waals surface area contributed by atoms with E-state index in [1.807, 2.05) is 72.8 Å². The summed E-state index contributed by atoms with van der Waals surface area (Å²) in [4.78, 5) is 14.8. The maximum atomic E-state index is 6.79. The van der Waals surface area contributed by atoms with Crippen molar-refractivity contribution in [2.45, 2.75) is 0 Å². The van der Waals surface area contributed by atoms with E-state index in [1.165, 1.54) is 10.8 Å². The minimum Gasteiger partial charge on any atom is -0.456 e. The van der Waals surface area contributed by atoms with E-state index in [-0.39, 0.29) is 0 Å². The summed E-state index contributed by atoms with van der Waals surface area (Å²) in [6.07, 6.45) is 0. The van der Waals surface area contributed by atoms with E-state index in [4.69, 9.17) is 23.8 Å². The second kappa shape index (κ2) is 12.3. The number of hydrogen-bond acceptors (Lipinski definition) is 5. The number of hydrogen-bond donors (Lipinski definition) is 0. The van der Waals surface area contributed by atoms with Crippen molar-refractivity contribution >= 4 is 65.7 Å². The van der Waals surface area contributed by atoms with E-state index >= 15 is 0 Å². The van der Waals surface area contributed by atoms with Gasteiger partial charge in [0.15, 0.2) is 17.5 Å². The molecule has 0 unspecified atom stereocenters. The second-order valence-corrected chi connectivity index (χ2v) is 14.4. The maximum Gasteiger partial charge on any atom is 0.164 e. The van der Waals surface area contributed by atoms with E-state index in [0.717, 1.165) is 88.4 Å². The third-order valence-corrected chi connectivity index (χ3v) is 11.1. The Morgan fingerprint density at radius 1 is 0.351 bits per heavy atom. The van der Waals surface area contributed by atoms with Crippen LogP contribution in [0.5, 0.6) is 0 Å². The molecule has 0 N–H and O–H groups in total. The van der Waals surface area contributed by atoms with E-state index in [2.05, 4.69) is 114 Å². The number of furan rings is 2. The molecular weight excluding hydrogens is 701 g/mol. The molecular formula is C51H30N4O2. The molecule has 0 amide bonds. The van der Waals surface area contributed by atoms with Gasteiger partial charge in [-0.2, -0.15) is 0 Å². The van der Waals surface area contributed by atoms with Gasteiger partial charge in [-0.15, -0.1) is 0 Å². The lowest BCUT2D eigenvalue weighted by atomic mass is 9.99. The summed E-state index contributed by atoms with van der Waals surface area (Å²) in [6.45, 7) is 0. The fourth-order valence-electron chi connectivity index (χ4n) is 8.45. The Morgan fingerprint density at radius 2 is 0.877 bits per heavy atom. The molecule has 0 aliphatic heterocycles. The summed E-state index contributed by atoms with van der Waals surface area (Å²) >= 11 is 0. The van der Waals surface area contributed by atoms with E-state index < -0.39 is 0 Å². The molecule has 0 aliphatic rings. The summed E-state index contributed by atoms with van der Waals surface area (Å²) in [5.74, 6) is 1.85. The number of rotatable bonds is 5. The third-order valence-electron chi connectivity index (χ3n) is 11.1. The molecule has 0 saturated carbocycles. The Balaban J connectivity index is 1.02. The van der Waals surface area contributed by atoms with Crippen molar-refractivity contribution in [2.75, 3.05) is 0 Å². The largest absolute Gasteiger partial charge is 0.456 e. The molecule has 6 heteroatoms. The summed E-state index contributed by atoms with van der Waals surface area (Å²) in [6, 6.07) is 62.6. The molecule has 0 radical (unpaired) electrons. The van der Waals surface area contributed by atoms with Gasteiger partial charge in [-0.05, 0) is 60.2 Å². The van der Waals surface area contributed by atoms with Crippen molar-refractivity contribution in [3.8, 4) is 51.0 Å². The highest BCUT2D eigenvalue weighted by atomic mass is 16.3. The number of para-hydroxylation sites is 3. The van der Waals surface area contributed by atoms with Gasteiger partial charge in [-0.25, -0.2) is 15.0 Å². The van der Waals surface area contributed by atoms with Crippen LogP contribution in [0.25, 0.3) is 117 Å². The topological polar surface area (TPSA) is 69.9 Å². The minimum absolute atomic E-state index is 0.598. The summed E-state index contributed by atoms with van der Waals surface area (Å²) in [5, 5.41) is 6.60. The lowest BCUT2D eigenvalue weighted by Crippen LogP contribution is -2.00. The van der Waals surface area contributed by atoms with Gasteiger partial charge >= 0.3 is 0 Å². The standard InChI is InChI=1S/C51H30N4O2/c1-3-13-31(14-4-1)49-52-50(32-15-5-2-6-16-32)54-51(53-49)34-26-28-45-40(30-34)39-29-33(25-27-44(39)56-45)35-19-11-20-38-47-43(23-12-24-46(47)57-48(35)38)55-41-21-9-7-17-36(41)37-18-8-10-22-42(37)55/h1-30H. The summed E-state index contributed by atoms with van der Waals surface area (Å²) in [7, 11) is 0. The van der Waals surface area contributed by atoms with Crippen molar-refractivity contribution in [1.82, 2.24) is 19.5 Å². The third kappa shape index (κ3) is 4.94. The quantitative estimate of drug-likeness (QED) is 0.176. The molecule has 4 aromatic heterocycles. The lowest BCUT2D eigenvalue weighted by molar-refractivity contribution is 0.668. The van der Waals surface area contributed by atoms with Crippen molar-refractivity contribution in [3.63, 3.8) is 0 Å². The number of fused-ring (bicyclic) bond motifs is 9. The van der Waals surface area contributed by atoms with Crippen LogP contribution in [-0.4, -0.2) is 19.5 Å². The van der Waals surface area contributed by atoms with Crippen LogP contribution in [0.15, 0.2) is 191 Å². The van der Waals surface area contributed by atoms with Crippen LogP contribution >= 0.6 is 0 Å². The Kier molecular flexibility index (Phi) is 6.83. The summed E-state index contributed by atoms with van der Waals surface area (Å²) < 4.78 is 15.6. The molecule has 0 spiro atoms.